The molecular formula is C19H23FN4O4. The van der Waals surface area contributed by atoms with Gasteiger partial charge in [0.05, 0.1) is 12.0 Å². The normalized spacial score (nSPS) is 16.1. The predicted octanol–water partition coefficient (Wildman–Crippen LogP) is 2.28. The van der Waals surface area contributed by atoms with Gasteiger partial charge in [-0.05, 0) is 25.0 Å². The predicted molar refractivity (Wildman–Crippen MR) is 97.9 cm³/mol. The number of carboxylic acid groups (broad SMARTS) is 1. The number of hydrogen-bond donors (Lipinski definition) is 2. The zero-order valence-electron chi connectivity index (χ0n) is 15.8. The second kappa shape index (κ2) is 8.05. The summed E-state index contributed by atoms with van der Waals surface area (Å²) in [5.41, 5.74) is -0.716. The molecule has 0 atom stereocenters. The van der Waals surface area contributed by atoms with Crippen LogP contribution < -0.4 is 5.32 Å². The number of nitrogens with zero attached hydrogens (tertiary/aromatic N) is 3. The van der Waals surface area contributed by atoms with Crippen molar-refractivity contribution in [2.75, 3.05) is 13.2 Å². The maximum absolute atomic E-state index is 14.2. The van der Waals surface area contributed by atoms with Gasteiger partial charge in [-0.3, -0.25) is 9.59 Å². The van der Waals surface area contributed by atoms with E-state index in [2.05, 4.69) is 15.4 Å². The maximum atomic E-state index is 14.2. The zero-order valence-corrected chi connectivity index (χ0v) is 15.8. The summed E-state index contributed by atoms with van der Waals surface area (Å²) in [6.07, 6.45) is 0.555. The summed E-state index contributed by atoms with van der Waals surface area (Å²) in [6.45, 7) is 4.46. The van der Waals surface area contributed by atoms with E-state index < -0.39 is 23.2 Å². The number of hydrogen-bond acceptors (Lipinski definition) is 5. The third-order valence-corrected chi connectivity index (χ3v) is 4.75. The Kier molecular flexibility index (Phi) is 5.73. The Morgan fingerprint density at radius 1 is 1.32 bits per heavy atom. The third-order valence-electron chi connectivity index (χ3n) is 4.75. The minimum atomic E-state index is -1.00. The van der Waals surface area contributed by atoms with Crippen LogP contribution in [-0.2, 0) is 9.53 Å². The minimum absolute atomic E-state index is 0.107. The first kappa shape index (κ1) is 19.9. The summed E-state index contributed by atoms with van der Waals surface area (Å²) >= 11 is 0. The lowest BCUT2D eigenvalue weighted by molar-refractivity contribution is -0.139. The number of benzene rings is 1. The van der Waals surface area contributed by atoms with E-state index in [0.717, 1.165) is 0 Å². The standard InChI is InChI=1S/C19H23FN4O4/c1-12(2)17-21-16(23-24(17)14-6-4-3-5-13(14)20)18(27)22-19(11-15(25)26)7-9-28-10-8-19/h3-6,12H,7-11H2,1-2H3,(H,22,27)(H,25,26). The monoisotopic (exact) mass is 390 g/mol. The lowest BCUT2D eigenvalue weighted by atomic mass is 9.86. The average molecular weight is 390 g/mol. The summed E-state index contributed by atoms with van der Waals surface area (Å²) in [5, 5.41) is 16.3. The number of ether oxygens (including phenoxy) is 1. The van der Waals surface area contributed by atoms with Crippen LogP contribution in [-0.4, -0.2) is 50.5 Å². The molecule has 3 rings (SSSR count). The van der Waals surface area contributed by atoms with E-state index in [4.69, 9.17) is 4.74 Å². The van der Waals surface area contributed by atoms with Gasteiger partial charge >= 0.3 is 5.97 Å². The zero-order chi connectivity index (χ0) is 20.3. The van der Waals surface area contributed by atoms with Crippen LogP contribution in [0.5, 0.6) is 0 Å². The van der Waals surface area contributed by atoms with Crippen LogP contribution in [0.25, 0.3) is 5.69 Å². The molecule has 1 amide bonds. The number of para-hydroxylation sites is 1. The molecule has 0 unspecified atom stereocenters. The molecule has 1 saturated heterocycles. The number of rotatable bonds is 6. The highest BCUT2D eigenvalue weighted by molar-refractivity contribution is 5.91. The highest BCUT2D eigenvalue weighted by Crippen LogP contribution is 2.26. The molecular weight excluding hydrogens is 367 g/mol. The lowest BCUT2D eigenvalue weighted by Crippen LogP contribution is -2.53. The Bertz CT molecular complexity index is 875. The van der Waals surface area contributed by atoms with E-state index in [0.29, 0.717) is 31.9 Å². The molecule has 28 heavy (non-hydrogen) atoms. The van der Waals surface area contributed by atoms with Crippen molar-refractivity contribution >= 4 is 11.9 Å². The van der Waals surface area contributed by atoms with Crippen molar-refractivity contribution in [2.24, 2.45) is 0 Å². The summed E-state index contributed by atoms with van der Waals surface area (Å²) in [4.78, 5) is 28.4. The molecule has 2 N–H and O–H groups in total. The van der Waals surface area contributed by atoms with Gasteiger partial charge in [0, 0.05) is 19.1 Å². The Morgan fingerprint density at radius 2 is 2.00 bits per heavy atom. The number of nitrogens with one attached hydrogen (secondary N) is 1. The quantitative estimate of drug-likeness (QED) is 0.784. The van der Waals surface area contributed by atoms with Gasteiger partial charge in [-0.1, -0.05) is 26.0 Å². The molecule has 0 aliphatic carbocycles. The van der Waals surface area contributed by atoms with E-state index >= 15 is 0 Å². The molecule has 1 aliphatic heterocycles. The van der Waals surface area contributed by atoms with Gasteiger partial charge in [0.25, 0.3) is 5.91 Å². The van der Waals surface area contributed by atoms with E-state index in [-0.39, 0.29) is 23.9 Å². The SMILES string of the molecule is CC(C)c1nc(C(=O)NC2(CC(=O)O)CCOCC2)nn1-c1ccccc1F. The molecule has 8 nitrogen and oxygen atoms in total. The van der Waals surface area contributed by atoms with Crippen LogP contribution in [0.1, 0.15) is 55.5 Å². The largest absolute Gasteiger partial charge is 0.481 e. The van der Waals surface area contributed by atoms with Crippen molar-refractivity contribution in [3.8, 4) is 5.69 Å². The van der Waals surface area contributed by atoms with Crippen LogP contribution >= 0.6 is 0 Å². The van der Waals surface area contributed by atoms with Crippen molar-refractivity contribution < 1.29 is 23.8 Å². The number of halogens is 1. The highest BCUT2D eigenvalue weighted by atomic mass is 19.1. The summed E-state index contributed by atoms with van der Waals surface area (Å²) in [7, 11) is 0. The number of carboxylic acids is 1. The number of amides is 1. The summed E-state index contributed by atoms with van der Waals surface area (Å²) in [6, 6.07) is 6.11. The number of aromatic nitrogens is 3. The first-order valence-electron chi connectivity index (χ1n) is 9.15. The van der Waals surface area contributed by atoms with Crippen molar-refractivity contribution in [3.05, 3.63) is 41.7 Å². The molecule has 0 radical (unpaired) electrons. The van der Waals surface area contributed by atoms with Crippen molar-refractivity contribution in [3.63, 3.8) is 0 Å². The second-order valence-electron chi connectivity index (χ2n) is 7.23. The van der Waals surface area contributed by atoms with Gasteiger partial charge in [0.2, 0.25) is 5.82 Å². The fourth-order valence-electron chi connectivity index (χ4n) is 3.29. The van der Waals surface area contributed by atoms with Crippen LogP contribution in [0, 0.1) is 5.82 Å². The van der Waals surface area contributed by atoms with E-state index in [1.807, 2.05) is 13.8 Å². The molecule has 2 heterocycles. The molecule has 0 saturated carbocycles. The minimum Gasteiger partial charge on any atom is -0.481 e. The molecule has 2 aromatic rings. The number of carbonyl (C=O) groups is 2. The molecule has 1 aliphatic rings. The Morgan fingerprint density at radius 3 is 2.61 bits per heavy atom. The molecule has 1 fully saturated rings. The van der Waals surface area contributed by atoms with E-state index in [1.165, 1.54) is 10.7 Å². The Labute approximate surface area is 161 Å². The summed E-state index contributed by atoms with van der Waals surface area (Å²) < 4.78 is 20.9. The van der Waals surface area contributed by atoms with Crippen molar-refractivity contribution in [1.82, 2.24) is 20.1 Å². The Hall–Kier alpha value is -2.81. The molecule has 1 aromatic heterocycles. The highest BCUT2D eigenvalue weighted by Gasteiger charge is 2.37. The average Bonchev–Trinajstić information content (AvgIpc) is 3.07. The number of carbonyl (C=O) groups excluding carboxylic acids is 1. The fraction of sp³-hybridized carbons (Fsp3) is 0.474. The molecule has 0 spiro atoms. The van der Waals surface area contributed by atoms with E-state index in [9.17, 15) is 19.1 Å². The van der Waals surface area contributed by atoms with Crippen molar-refractivity contribution in [2.45, 2.75) is 44.6 Å². The Balaban J connectivity index is 1.92. The molecule has 0 bridgehead atoms. The first-order chi connectivity index (χ1) is 13.3. The maximum Gasteiger partial charge on any atom is 0.305 e. The van der Waals surface area contributed by atoms with Gasteiger partial charge < -0.3 is 15.2 Å². The molecule has 150 valence electrons. The van der Waals surface area contributed by atoms with Crippen molar-refractivity contribution in [1.29, 1.82) is 0 Å². The van der Waals surface area contributed by atoms with Crippen LogP contribution in [0.3, 0.4) is 0 Å². The van der Waals surface area contributed by atoms with Gasteiger partial charge in [-0.25, -0.2) is 14.1 Å². The van der Waals surface area contributed by atoms with E-state index in [1.54, 1.807) is 18.2 Å². The van der Waals surface area contributed by atoms with Crippen LogP contribution in [0.15, 0.2) is 24.3 Å². The fourth-order valence-corrected chi connectivity index (χ4v) is 3.29. The van der Waals surface area contributed by atoms with Crippen LogP contribution in [0.2, 0.25) is 0 Å². The third kappa shape index (κ3) is 4.19. The van der Waals surface area contributed by atoms with Crippen LogP contribution in [0.4, 0.5) is 4.39 Å². The topological polar surface area (TPSA) is 106 Å². The molecule has 9 heteroatoms. The second-order valence-corrected chi connectivity index (χ2v) is 7.23. The lowest BCUT2D eigenvalue weighted by Gasteiger charge is -2.36. The smallest absolute Gasteiger partial charge is 0.305 e. The first-order valence-corrected chi connectivity index (χ1v) is 9.15. The number of aliphatic carboxylic acids is 1. The van der Waals surface area contributed by atoms with Gasteiger partial charge in [-0.2, -0.15) is 0 Å². The van der Waals surface area contributed by atoms with Gasteiger partial charge in [-0.15, -0.1) is 5.10 Å². The summed E-state index contributed by atoms with van der Waals surface area (Å²) in [5.74, 6) is -1.86. The van der Waals surface area contributed by atoms with Gasteiger partial charge in [0.15, 0.2) is 0 Å². The van der Waals surface area contributed by atoms with Gasteiger partial charge in [0.1, 0.15) is 17.3 Å². The molecule has 1 aromatic carbocycles.